The summed E-state index contributed by atoms with van der Waals surface area (Å²) in [6, 6.07) is 12.4. The molecule has 0 amide bonds. The number of aliphatic carboxylic acids is 1. The first-order valence-electron chi connectivity index (χ1n) is 13.4. The highest BCUT2D eigenvalue weighted by molar-refractivity contribution is 7.91. The third-order valence-electron chi connectivity index (χ3n) is 7.58. The Labute approximate surface area is 234 Å². The number of carboxylic acids is 1. The topological polar surface area (TPSA) is 100 Å². The van der Waals surface area contributed by atoms with E-state index in [9.17, 15) is 18.3 Å². The van der Waals surface area contributed by atoms with Crippen LogP contribution in [0.15, 0.2) is 41.8 Å². The molecule has 0 bridgehead atoms. The predicted octanol–water partition coefficient (Wildman–Crippen LogP) is 4.54. The number of aryl methyl sites for hydroxylation is 2. The van der Waals surface area contributed by atoms with Crippen molar-refractivity contribution in [2.75, 3.05) is 42.6 Å². The number of aromatic nitrogens is 1. The van der Waals surface area contributed by atoms with E-state index in [1.54, 1.807) is 11.3 Å². The van der Waals surface area contributed by atoms with Crippen LogP contribution in [-0.4, -0.2) is 67.1 Å². The smallest absolute Gasteiger partial charge is 0.308 e. The van der Waals surface area contributed by atoms with E-state index in [1.807, 2.05) is 24.4 Å². The molecule has 2 fully saturated rings. The van der Waals surface area contributed by atoms with Gasteiger partial charge in [-0.05, 0) is 55.5 Å². The number of hydrogen-bond donors (Lipinski definition) is 1. The molecule has 5 rings (SSSR count). The Morgan fingerprint density at radius 1 is 1.13 bits per heavy atom. The fourth-order valence-corrected chi connectivity index (χ4v) is 7.34. The van der Waals surface area contributed by atoms with Crippen LogP contribution in [0.5, 0.6) is 5.75 Å². The summed E-state index contributed by atoms with van der Waals surface area (Å²) in [5.74, 6) is 0.138. The van der Waals surface area contributed by atoms with E-state index in [0.29, 0.717) is 32.7 Å². The lowest BCUT2D eigenvalue weighted by atomic mass is 9.99. The minimum Gasteiger partial charge on any atom is -0.488 e. The fourth-order valence-electron chi connectivity index (χ4n) is 5.20. The molecule has 39 heavy (non-hydrogen) atoms. The highest BCUT2D eigenvalue weighted by Gasteiger charge is 2.27. The molecule has 10 heteroatoms. The van der Waals surface area contributed by atoms with Crippen molar-refractivity contribution >= 4 is 32.3 Å². The number of rotatable bonds is 8. The molecule has 0 aliphatic carbocycles. The van der Waals surface area contributed by atoms with Crippen molar-refractivity contribution in [2.45, 2.75) is 39.8 Å². The van der Waals surface area contributed by atoms with Crippen LogP contribution in [0.1, 0.15) is 35.1 Å². The van der Waals surface area contributed by atoms with Crippen LogP contribution >= 0.6 is 11.3 Å². The maximum absolute atomic E-state index is 11.7. The van der Waals surface area contributed by atoms with Crippen LogP contribution in [0.2, 0.25) is 0 Å². The molecule has 1 N–H and O–H groups in total. The molecule has 2 aromatic carbocycles. The molecule has 2 aliphatic heterocycles. The van der Waals surface area contributed by atoms with Crippen LogP contribution < -0.4 is 9.64 Å². The van der Waals surface area contributed by atoms with Crippen molar-refractivity contribution in [3.05, 3.63) is 64.0 Å². The number of ether oxygens (including phenoxy) is 1. The summed E-state index contributed by atoms with van der Waals surface area (Å²) in [4.78, 5) is 20.7. The summed E-state index contributed by atoms with van der Waals surface area (Å²) in [7, 11) is -2.88. The van der Waals surface area contributed by atoms with Gasteiger partial charge >= 0.3 is 5.97 Å². The standard InChI is InChI=1S/C29H35N3O5S2/c1-20-5-8-27(25(14-20)26-19-38-29(30-26)32-9-3-4-23(17-32)28(33)34)37-18-24-7-6-22(15-21(24)2)16-31-10-12-39(35,36)13-11-31/h5-8,14-15,19,23H,3-4,9-13,16-18H2,1-2H3,(H,33,34). The van der Waals surface area contributed by atoms with E-state index in [1.165, 1.54) is 5.56 Å². The van der Waals surface area contributed by atoms with Gasteiger partial charge < -0.3 is 14.7 Å². The maximum atomic E-state index is 11.7. The van der Waals surface area contributed by atoms with Gasteiger partial charge in [0.25, 0.3) is 0 Å². The van der Waals surface area contributed by atoms with Crippen LogP contribution in [0.4, 0.5) is 5.13 Å². The van der Waals surface area contributed by atoms with E-state index in [4.69, 9.17) is 9.72 Å². The molecule has 3 aromatic rings. The van der Waals surface area contributed by atoms with E-state index in [-0.39, 0.29) is 17.4 Å². The molecule has 208 valence electrons. The number of carbonyl (C=O) groups is 1. The largest absolute Gasteiger partial charge is 0.488 e. The third kappa shape index (κ3) is 6.80. The molecular weight excluding hydrogens is 534 g/mol. The van der Waals surface area contributed by atoms with Gasteiger partial charge in [-0.2, -0.15) is 0 Å². The second-order valence-corrected chi connectivity index (χ2v) is 13.8. The summed E-state index contributed by atoms with van der Waals surface area (Å²) in [5, 5.41) is 12.3. The molecular formula is C29H35N3O5S2. The van der Waals surface area contributed by atoms with Crippen molar-refractivity contribution in [3.63, 3.8) is 0 Å². The molecule has 1 unspecified atom stereocenters. The SMILES string of the molecule is Cc1ccc(OCc2ccc(CN3CCS(=O)(=O)CC3)cc2C)c(-c2csc(N3CCCC(C(=O)O)C3)n2)c1. The number of nitrogens with zero attached hydrogens (tertiary/aromatic N) is 3. The normalized spacial score (nSPS) is 19.6. The predicted molar refractivity (Wildman–Crippen MR) is 154 cm³/mol. The van der Waals surface area contributed by atoms with E-state index in [2.05, 4.69) is 41.0 Å². The zero-order valence-electron chi connectivity index (χ0n) is 22.4. The average Bonchev–Trinajstić information content (AvgIpc) is 3.40. The molecule has 0 saturated carbocycles. The first kappa shape index (κ1) is 27.6. The molecule has 2 saturated heterocycles. The second-order valence-electron chi connectivity index (χ2n) is 10.6. The van der Waals surface area contributed by atoms with Crippen molar-refractivity contribution in [2.24, 2.45) is 5.92 Å². The Morgan fingerprint density at radius 2 is 1.92 bits per heavy atom. The quantitative estimate of drug-likeness (QED) is 0.422. The maximum Gasteiger partial charge on any atom is 0.308 e. The summed E-state index contributed by atoms with van der Waals surface area (Å²) in [6.45, 7) is 7.77. The van der Waals surface area contributed by atoms with Crippen molar-refractivity contribution in [1.82, 2.24) is 9.88 Å². The Balaban J connectivity index is 1.26. The van der Waals surface area contributed by atoms with Gasteiger partial charge in [0.1, 0.15) is 12.4 Å². The van der Waals surface area contributed by atoms with Crippen LogP contribution in [0, 0.1) is 19.8 Å². The van der Waals surface area contributed by atoms with Crippen molar-refractivity contribution in [1.29, 1.82) is 0 Å². The number of anilines is 1. The molecule has 3 heterocycles. The van der Waals surface area contributed by atoms with Gasteiger partial charge in [0.2, 0.25) is 0 Å². The number of piperidine rings is 1. The van der Waals surface area contributed by atoms with Crippen LogP contribution in [0.3, 0.4) is 0 Å². The molecule has 1 atom stereocenters. The molecule has 2 aliphatic rings. The van der Waals surface area contributed by atoms with E-state index in [0.717, 1.165) is 58.3 Å². The first-order chi connectivity index (χ1) is 18.7. The second kappa shape index (κ2) is 11.7. The highest BCUT2D eigenvalue weighted by atomic mass is 32.2. The molecule has 1 aromatic heterocycles. The zero-order valence-corrected chi connectivity index (χ0v) is 24.1. The number of hydrogen-bond acceptors (Lipinski definition) is 8. The summed E-state index contributed by atoms with van der Waals surface area (Å²) >= 11 is 1.54. The van der Waals surface area contributed by atoms with E-state index < -0.39 is 15.8 Å². The number of sulfone groups is 1. The van der Waals surface area contributed by atoms with Crippen molar-refractivity contribution < 1.29 is 23.1 Å². The fraction of sp³-hybridized carbons (Fsp3) is 0.448. The van der Waals surface area contributed by atoms with Gasteiger partial charge in [-0.15, -0.1) is 11.3 Å². The van der Waals surface area contributed by atoms with Gasteiger partial charge in [0.05, 0.1) is 23.1 Å². The minimum absolute atomic E-state index is 0.234. The summed E-state index contributed by atoms with van der Waals surface area (Å²) in [6.07, 6.45) is 1.56. The monoisotopic (exact) mass is 569 g/mol. The van der Waals surface area contributed by atoms with Gasteiger partial charge in [0.15, 0.2) is 15.0 Å². The molecule has 8 nitrogen and oxygen atoms in total. The first-order valence-corrected chi connectivity index (χ1v) is 16.1. The van der Waals surface area contributed by atoms with Gasteiger partial charge in [-0.1, -0.05) is 29.8 Å². The Bertz CT molecular complexity index is 1440. The lowest BCUT2D eigenvalue weighted by Gasteiger charge is -2.30. The molecule has 0 spiro atoms. The lowest BCUT2D eigenvalue weighted by Crippen LogP contribution is -2.39. The number of thiazole rings is 1. The Kier molecular flexibility index (Phi) is 8.25. The van der Waals surface area contributed by atoms with Crippen LogP contribution in [0.25, 0.3) is 11.3 Å². The highest BCUT2D eigenvalue weighted by Crippen LogP contribution is 2.36. The van der Waals surface area contributed by atoms with Gasteiger partial charge in [-0.3, -0.25) is 9.69 Å². The Hall–Kier alpha value is -2.95. The van der Waals surface area contributed by atoms with Gasteiger partial charge in [-0.25, -0.2) is 13.4 Å². The Morgan fingerprint density at radius 3 is 2.67 bits per heavy atom. The number of benzene rings is 2. The number of carboxylic acid groups (broad SMARTS) is 1. The van der Waals surface area contributed by atoms with Crippen molar-refractivity contribution in [3.8, 4) is 17.0 Å². The van der Waals surface area contributed by atoms with Gasteiger partial charge in [0, 0.05) is 43.7 Å². The minimum atomic E-state index is -2.88. The summed E-state index contributed by atoms with van der Waals surface area (Å²) in [5.41, 5.74) is 6.28. The summed E-state index contributed by atoms with van der Waals surface area (Å²) < 4.78 is 29.7. The zero-order chi connectivity index (χ0) is 27.6. The van der Waals surface area contributed by atoms with Crippen LogP contribution in [-0.2, 0) is 27.8 Å². The third-order valence-corrected chi connectivity index (χ3v) is 10.1. The molecule has 0 radical (unpaired) electrons. The van der Waals surface area contributed by atoms with E-state index >= 15 is 0 Å². The average molecular weight is 570 g/mol. The lowest BCUT2D eigenvalue weighted by molar-refractivity contribution is -0.141.